The lowest BCUT2D eigenvalue weighted by Gasteiger charge is -2.18. The van der Waals surface area contributed by atoms with Gasteiger partial charge < -0.3 is 4.74 Å². The maximum absolute atomic E-state index is 11.8. The number of hydrogen-bond acceptors (Lipinski definition) is 4. The molecule has 4 nitrogen and oxygen atoms in total. The van der Waals surface area contributed by atoms with E-state index in [-0.39, 0.29) is 17.8 Å². The molecule has 0 N–H and O–H groups in total. The molecule has 0 saturated carbocycles. The van der Waals surface area contributed by atoms with Gasteiger partial charge in [0.2, 0.25) is 0 Å². The summed E-state index contributed by atoms with van der Waals surface area (Å²) in [5.41, 5.74) is 0.819. The first kappa shape index (κ1) is 12.6. The second-order valence-corrected chi connectivity index (χ2v) is 4.04. The van der Waals surface area contributed by atoms with Gasteiger partial charge in [-0.25, -0.2) is 9.97 Å². The van der Waals surface area contributed by atoms with Crippen LogP contribution in [0.1, 0.15) is 38.1 Å². The molecule has 16 heavy (non-hydrogen) atoms. The highest BCUT2D eigenvalue weighted by atomic mass is 16.5. The Hall–Kier alpha value is -1.45. The summed E-state index contributed by atoms with van der Waals surface area (Å²) in [6, 6.07) is 0. The van der Waals surface area contributed by atoms with E-state index in [4.69, 9.17) is 4.74 Å². The van der Waals surface area contributed by atoms with Gasteiger partial charge in [0.05, 0.1) is 12.5 Å². The van der Waals surface area contributed by atoms with Gasteiger partial charge >= 0.3 is 5.97 Å². The summed E-state index contributed by atoms with van der Waals surface area (Å²) >= 11 is 0. The molecule has 1 atom stereocenters. The van der Waals surface area contributed by atoms with Crippen LogP contribution in [-0.2, 0) is 9.53 Å². The predicted octanol–water partition coefficient (Wildman–Crippen LogP) is 2.09. The van der Waals surface area contributed by atoms with Crippen LogP contribution in [0.4, 0.5) is 0 Å². The first-order valence-electron chi connectivity index (χ1n) is 5.51. The number of hydrogen-bond donors (Lipinski definition) is 0. The van der Waals surface area contributed by atoms with E-state index in [0.29, 0.717) is 12.4 Å². The Labute approximate surface area is 96.1 Å². The Morgan fingerprint density at radius 3 is 2.38 bits per heavy atom. The molecule has 1 unspecified atom stereocenters. The van der Waals surface area contributed by atoms with Crippen molar-refractivity contribution in [2.75, 3.05) is 6.61 Å². The van der Waals surface area contributed by atoms with Crippen LogP contribution in [0, 0.1) is 12.8 Å². The van der Waals surface area contributed by atoms with E-state index in [2.05, 4.69) is 9.97 Å². The van der Waals surface area contributed by atoms with Gasteiger partial charge in [0.1, 0.15) is 5.82 Å². The molecule has 0 amide bonds. The van der Waals surface area contributed by atoms with E-state index >= 15 is 0 Å². The minimum atomic E-state index is -0.277. The molecule has 0 saturated heterocycles. The molecular formula is C12H18N2O2. The van der Waals surface area contributed by atoms with Gasteiger partial charge in [-0.15, -0.1) is 0 Å². The third-order valence-corrected chi connectivity index (χ3v) is 2.37. The number of ether oxygens (including phenoxy) is 1. The lowest BCUT2D eigenvalue weighted by Crippen LogP contribution is -2.21. The molecule has 0 aliphatic heterocycles. The van der Waals surface area contributed by atoms with Gasteiger partial charge in [-0.3, -0.25) is 4.79 Å². The fourth-order valence-electron chi connectivity index (χ4n) is 1.59. The van der Waals surface area contributed by atoms with Crippen molar-refractivity contribution in [2.45, 2.75) is 33.6 Å². The van der Waals surface area contributed by atoms with E-state index < -0.39 is 0 Å². The third-order valence-electron chi connectivity index (χ3n) is 2.37. The minimum absolute atomic E-state index is 0.172. The van der Waals surface area contributed by atoms with Crippen molar-refractivity contribution in [3.8, 4) is 0 Å². The molecule has 1 aromatic heterocycles. The molecule has 0 bridgehead atoms. The van der Waals surface area contributed by atoms with Crippen molar-refractivity contribution in [3.05, 3.63) is 23.8 Å². The molecule has 0 radical (unpaired) electrons. The van der Waals surface area contributed by atoms with Crippen molar-refractivity contribution in [2.24, 2.45) is 5.92 Å². The SMILES string of the molecule is CCOC(=O)C(c1cnc(C)nc1)C(C)C. The highest BCUT2D eigenvalue weighted by molar-refractivity contribution is 5.78. The highest BCUT2D eigenvalue weighted by Crippen LogP contribution is 2.24. The van der Waals surface area contributed by atoms with E-state index in [1.165, 1.54) is 0 Å². The van der Waals surface area contributed by atoms with Crippen molar-refractivity contribution in [1.29, 1.82) is 0 Å². The molecule has 0 fully saturated rings. The summed E-state index contributed by atoms with van der Waals surface area (Å²) in [6.45, 7) is 8.00. The van der Waals surface area contributed by atoms with Crippen LogP contribution in [0.15, 0.2) is 12.4 Å². The average molecular weight is 222 g/mol. The van der Waals surface area contributed by atoms with Crippen molar-refractivity contribution < 1.29 is 9.53 Å². The Kier molecular flexibility index (Phi) is 4.40. The number of aromatic nitrogens is 2. The molecule has 0 spiro atoms. The zero-order valence-corrected chi connectivity index (χ0v) is 10.2. The van der Waals surface area contributed by atoms with Crippen LogP contribution in [-0.4, -0.2) is 22.5 Å². The average Bonchev–Trinajstić information content (AvgIpc) is 2.21. The molecule has 0 aliphatic carbocycles. The second kappa shape index (κ2) is 5.58. The molecule has 88 valence electrons. The standard InChI is InChI=1S/C12H18N2O2/c1-5-16-12(15)11(8(2)3)10-6-13-9(4)14-7-10/h6-8,11H,5H2,1-4H3. The number of esters is 1. The monoisotopic (exact) mass is 222 g/mol. The van der Waals surface area contributed by atoms with Gasteiger partial charge in [0, 0.05) is 18.0 Å². The van der Waals surface area contributed by atoms with Crippen LogP contribution in [0.2, 0.25) is 0 Å². The van der Waals surface area contributed by atoms with Gasteiger partial charge in [-0.05, 0) is 19.8 Å². The lowest BCUT2D eigenvalue weighted by atomic mass is 9.90. The summed E-state index contributed by atoms with van der Waals surface area (Å²) in [5.74, 6) is 0.394. The largest absolute Gasteiger partial charge is 0.466 e. The number of carbonyl (C=O) groups is 1. The third kappa shape index (κ3) is 3.02. The molecule has 1 heterocycles. The number of carbonyl (C=O) groups excluding carboxylic acids is 1. The Morgan fingerprint density at radius 1 is 1.38 bits per heavy atom. The number of rotatable bonds is 4. The summed E-state index contributed by atoms with van der Waals surface area (Å²) < 4.78 is 5.06. The van der Waals surface area contributed by atoms with Gasteiger partial charge in [0.15, 0.2) is 0 Å². The maximum atomic E-state index is 11.8. The summed E-state index contributed by atoms with van der Waals surface area (Å²) in [5, 5.41) is 0. The maximum Gasteiger partial charge on any atom is 0.313 e. The fourth-order valence-corrected chi connectivity index (χ4v) is 1.59. The van der Waals surface area contributed by atoms with E-state index in [1.54, 1.807) is 19.3 Å². The van der Waals surface area contributed by atoms with Crippen molar-refractivity contribution >= 4 is 5.97 Å². The van der Waals surface area contributed by atoms with E-state index in [9.17, 15) is 4.79 Å². The zero-order valence-electron chi connectivity index (χ0n) is 10.2. The Balaban J connectivity index is 2.93. The van der Waals surface area contributed by atoms with Gasteiger partial charge in [0.25, 0.3) is 0 Å². The minimum Gasteiger partial charge on any atom is -0.466 e. The quantitative estimate of drug-likeness (QED) is 0.732. The second-order valence-electron chi connectivity index (χ2n) is 4.04. The van der Waals surface area contributed by atoms with E-state index in [1.807, 2.05) is 20.8 Å². The topological polar surface area (TPSA) is 52.1 Å². The number of nitrogens with zero attached hydrogens (tertiary/aromatic N) is 2. The van der Waals surface area contributed by atoms with Crippen LogP contribution < -0.4 is 0 Å². The molecular weight excluding hydrogens is 204 g/mol. The van der Waals surface area contributed by atoms with Crippen LogP contribution >= 0.6 is 0 Å². The fraction of sp³-hybridized carbons (Fsp3) is 0.583. The molecule has 4 heteroatoms. The Bertz CT molecular complexity index is 347. The van der Waals surface area contributed by atoms with Crippen molar-refractivity contribution in [1.82, 2.24) is 9.97 Å². The summed E-state index contributed by atoms with van der Waals surface area (Å²) in [6.07, 6.45) is 3.40. The first-order valence-corrected chi connectivity index (χ1v) is 5.51. The number of aryl methyl sites for hydroxylation is 1. The van der Waals surface area contributed by atoms with Gasteiger partial charge in [-0.1, -0.05) is 13.8 Å². The van der Waals surface area contributed by atoms with Crippen LogP contribution in [0.3, 0.4) is 0 Å². The Morgan fingerprint density at radius 2 is 1.94 bits per heavy atom. The smallest absolute Gasteiger partial charge is 0.313 e. The van der Waals surface area contributed by atoms with Crippen LogP contribution in [0.25, 0.3) is 0 Å². The zero-order chi connectivity index (χ0) is 12.1. The van der Waals surface area contributed by atoms with Crippen LogP contribution in [0.5, 0.6) is 0 Å². The first-order chi connectivity index (χ1) is 7.56. The van der Waals surface area contributed by atoms with Gasteiger partial charge in [-0.2, -0.15) is 0 Å². The van der Waals surface area contributed by atoms with Crippen molar-refractivity contribution in [3.63, 3.8) is 0 Å². The summed E-state index contributed by atoms with van der Waals surface area (Å²) in [4.78, 5) is 20.0. The predicted molar refractivity (Wildman–Crippen MR) is 61.0 cm³/mol. The normalized spacial score (nSPS) is 12.6. The molecule has 0 aliphatic rings. The molecule has 1 rings (SSSR count). The highest BCUT2D eigenvalue weighted by Gasteiger charge is 2.25. The molecule has 0 aromatic carbocycles. The van der Waals surface area contributed by atoms with E-state index in [0.717, 1.165) is 5.56 Å². The summed E-state index contributed by atoms with van der Waals surface area (Å²) in [7, 11) is 0. The molecule has 1 aromatic rings. The lowest BCUT2D eigenvalue weighted by molar-refractivity contribution is -0.146.